The molecule has 0 N–H and O–H groups in total. The van der Waals surface area contributed by atoms with Gasteiger partial charge in [0.2, 0.25) is 0 Å². The van der Waals surface area contributed by atoms with Crippen LogP contribution in [0.2, 0.25) is 0 Å². The predicted molar refractivity (Wildman–Crippen MR) is 58.6 cm³/mol. The highest BCUT2D eigenvalue weighted by molar-refractivity contribution is 5.88. The van der Waals surface area contributed by atoms with Crippen LogP contribution < -0.4 is 0 Å². The van der Waals surface area contributed by atoms with Gasteiger partial charge in [0, 0.05) is 13.0 Å². The lowest BCUT2D eigenvalue weighted by molar-refractivity contribution is -0.127. The molecule has 0 aromatic heterocycles. The van der Waals surface area contributed by atoms with E-state index in [1.54, 1.807) is 7.05 Å². The standard InChI is InChI=1S/C11H21NO3/c1-7(2)9(10(13)8(3)4)12(5)11(14)15-6/h7-9H,1-6H3. The monoisotopic (exact) mass is 215 g/mol. The van der Waals surface area contributed by atoms with Crippen LogP contribution >= 0.6 is 0 Å². The highest BCUT2D eigenvalue weighted by atomic mass is 16.5. The van der Waals surface area contributed by atoms with Gasteiger partial charge in [-0.2, -0.15) is 0 Å². The first-order valence-electron chi connectivity index (χ1n) is 5.17. The van der Waals surface area contributed by atoms with E-state index in [1.165, 1.54) is 12.0 Å². The van der Waals surface area contributed by atoms with Crippen molar-refractivity contribution >= 4 is 11.9 Å². The SMILES string of the molecule is COC(=O)N(C)C(C(=O)C(C)C)C(C)C. The van der Waals surface area contributed by atoms with Gasteiger partial charge in [0.15, 0.2) is 5.78 Å². The zero-order valence-electron chi connectivity index (χ0n) is 10.4. The molecule has 4 nitrogen and oxygen atoms in total. The molecule has 0 saturated heterocycles. The van der Waals surface area contributed by atoms with Gasteiger partial charge >= 0.3 is 6.09 Å². The number of ketones is 1. The minimum atomic E-state index is -0.470. The molecule has 4 heteroatoms. The number of rotatable bonds is 4. The van der Waals surface area contributed by atoms with E-state index in [9.17, 15) is 9.59 Å². The molecule has 0 aromatic carbocycles. The van der Waals surface area contributed by atoms with Crippen molar-refractivity contribution < 1.29 is 14.3 Å². The van der Waals surface area contributed by atoms with Crippen molar-refractivity contribution in [2.75, 3.05) is 14.2 Å². The van der Waals surface area contributed by atoms with E-state index in [-0.39, 0.29) is 17.6 Å². The Morgan fingerprint density at radius 3 is 1.87 bits per heavy atom. The van der Waals surface area contributed by atoms with Crippen molar-refractivity contribution in [2.45, 2.75) is 33.7 Å². The van der Waals surface area contributed by atoms with E-state index in [1.807, 2.05) is 27.7 Å². The Morgan fingerprint density at radius 1 is 1.13 bits per heavy atom. The molecule has 0 heterocycles. The summed E-state index contributed by atoms with van der Waals surface area (Å²) in [6, 6.07) is -0.405. The topological polar surface area (TPSA) is 46.6 Å². The van der Waals surface area contributed by atoms with Crippen molar-refractivity contribution in [1.29, 1.82) is 0 Å². The fourth-order valence-electron chi connectivity index (χ4n) is 1.57. The second kappa shape index (κ2) is 5.73. The minimum Gasteiger partial charge on any atom is -0.453 e. The molecule has 0 bridgehead atoms. The van der Waals surface area contributed by atoms with E-state index in [0.29, 0.717) is 0 Å². The third-order valence-corrected chi connectivity index (χ3v) is 2.37. The summed E-state index contributed by atoms with van der Waals surface area (Å²) in [6.07, 6.45) is -0.470. The van der Waals surface area contributed by atoms with Crippen molar-refractivity contribution in [3.63, 3.8) is 0 Å². The molecular formula is C11H21NO3. The summed E-state index contributed by atoms with van der Waals surface area (Å²) >= 11 is 0. The number of Topliss-reactive ketones (excluding diaryl/α,β-unsaturated/α-hetero) is 1. The average Bonchev–Trinajstić information content (AvgIpc) is 2.15. The van der Waals surface area contributed by atoms with Gasteiger partial charge in [0.1, 0.15) is 0 Å². The molecule has 0 radical (unpaired) electrons. The van der Waals surface area contributed by atoms with Crippen molar-refractivity contribution in [3.8, 4) is 0 Å². The number of ether oxygens (including phenoxy) is 1. The molecule has 88 valence electrons. The first-order valence-corrected chi connectivity index (χ1v) is 5.17. The number of carbonyl (C=O) groups excluding carboxylic acids is 2. The zero-order chi connectivity index (χ0) is 12.2. The molecule has 1 unspecified atom stereocenters. The number of carbonyl (C=O) groups is 2. The van der Waals surface area contributed by atoms with Crippen molar-refractivity contribution in [1.82, 2.24) is 4.90 Å². The number of likely N-dealkylation sites (N-methyl/N-ethyl adjacent to an activating group) is 1. The molecule has 0 aliphatic carbocycles. The number of hydrogen-bond acceptors (Lipinski definition) is 3. The second-order valence-corrected chi connectivity index (χ2v) is 4.33. The Kier molecular flexibility index (Phi) is 5.33. The third-order valence-electron chi connectivity index (χ3n) is 2.37. The fourth-order valence-corrected chi connectivity index (χ4v) is 1.57. The van der Waals surface area contributed by atoms with Gasteiger partial charge in [-0.25, -0.2) is 4.79 Å². The summed E-state index contributed by atoms with van der Waals surface area (Å²) in [5.74, 6) is 0.0754. The molecule has 0 spiro atoms. The molecule has 0 saturated carbocycles. The second-order valence-electron chi connectivity index (χ2n) is 4.33. The first-order chi connectivity index (χ1) is 6.82. The molecule has 0 aromatic rings. The van der Waals surface area contributed by atoms with Crippen LogP contribution in [0, 0.1) is 11.8 Å². The molecular weight excluding hydrogens is 194 g/mol. The lowest BCUT2D eigenvalue weighted by Crippen LogP contribution is -2.47. The Balaban J connectivity index is 4.82. The van der Waals surface area contributed by atoms with E-state index < -0.39 is 12.1 Å². The molecule has 15 heavy (non-hydrogen) atoms. The normalized spacial score (nSPS) is 12.8. The van der Waals surface area contributed by atoms with Crippen LogP contribution in [0.5, 0.6) is 0 Å². The lowest BCUT2D eigenvalue weighted by atomic mass is 9.92. The minimum absolute atomic E-state index is 0.0675. The van der Waals surface area contributed by atoms with Gasteiger partial charge in [-0.1, -0.05) is 27.7 Å². The van der Waals surface area contributed by atoms with Gasteiger partial charge in [-0.05, 0) is 5.92 Å². The van der Waals surface area contributed by atoms with Crippen molar-refractivity contribution in [2.24, 2.45) is 11.8 Å². The van der Waals surface area contributed by atoms with E-state index in [2.05, 4.69) is 4.74 Å². The van der Waals surface area contributed by atoms with Crippen LogP contribution in [0.4, 0.5) is 4.79 Å². The quantitative estimate of drug-likeness (QED) is 0.720. The zero-order valence-corrected chi connectivity index (χ0v) is 10.4. The number of hydrogen-bond donors (Lipinski definition) is 0. The summed E-state index contributed by atoms with van der Waals surface area (Å²) < 4.78 is 4.61. The predicted octanol–water partition coefficient (Wildman–Crippen LogP) is 1.93. The average molecular weight is 215 g/mol. The van der Waals surface area contributed by atoms with E-state index in [0.717, 1.165) is 0 Å². The van der Waals surface area contributed by atoms with Gasteiger partial charge in [-0.15, -0.1) is 0 Å². The van der Waals surface area contributed by atoms with Crippen LogP contribution in [0.1, 0.15) is 27.7 Å². The Bertz CT molecular complexity index is 236. The fraction of sp³-hybridized carbons (Fsp3) is 0.818. The van der Waals surface area contributed by atoms with E-state index >= 15 is 0 Å². The van der Waals surface area contributed by atoms with Crippen LogP contribution in [-0.4, -0.2) is 37.0 Å². The Morgan fingerprint density at radius 2 is 1.60 bits per heavy atom. The summed E-state index contributed by atoms with van der Waals surface area (Å²) in [6.45, 7) is 7.51. The highest BCUT2D eigenvalue weighted by Crippen LogP contribution is 2.15. The lowest BCUT2D eigenvalue weighted by Gasteiger charge is -2.30. The van der Waals surface area contributed by atoms with Crippen LogP contribution in [-0.2, 0) is 9.53 Å². The van der Waals surface area contributed by atoms with Crippen LogP contribution in [0.3, 0.4) is 0 Å². The van der Waals surface area contributed by atoms with Gasteiger partial charge < -0.3 is 9.64 Å². The van der Waals surface area contributed by atoms with Gasteiger partial charge in [0.25, 0.3) is 0 Å². The number of methoxy groups -OCH3 is 1. The summed E-state index contributed by atoms with van der Waals surface area (Å²) in [5, 5.41) is 0. The molecule has 0 aliphatic rings. The molecule has 0 rings (SSSR count). The summed E-state index contributed by atoms with van der Waals surface area (Å²) in [4.78, 5) is 24.6. The number of amides is 1. The number of nitrogens with zero attached hydrogens (tertiary/aromatic N) is 1. The Labute approximate surface area is 91.6 Å². The summed E-state index contributed by atoms with van der Waals surface area (Å²) in [5.41, 5.74) is 0. The maximum Gasteiger partial charge on any atom is 0.409 e. The highest BCUT2D eigenvalue weighted by Gasteiger charge is 2.31. The smallest absolute Gasteiger partial charge is 0.409 e. The van der Waals surface area contributed by atoms with Gasteiger partial charge in [0.05, 0.1) is 13.2 Å². The molecule has 0 aliphatic heterocycles. The maximum atomic E-state index is 11.9. The molecule has 1 atom stereocenters. The maximum absolute atomic E-state index is 11.9. The largest absolute Gasteiger partial charge is 0.453 e. The third kappa shape index (κ3) is 3.53. The molecule has 0 fully saturated rings. The van der Waals surface area contributed by atoms with Gasteiger partial charge in [-0.3, -0.25) is 4.79 Å². The first kappa shape index (κ1) is 13.9. The van der Waals surface area contributed by atoms with E-state index in [4.69, 9.17) is 0 Å². The Hall–Kier alpha value is -1.06. The van der Waals surface area contributed by atoms with Crippen LogP contribution in [0.15, 0.2) is 0 Å². The summed E-state index contributed by atoms with van der Waals surface area (Å²) in [7, 11) is 2.91. The van der Waals surface area contributed by atoms with Crippen molar-refractivity contribution in [3.05, 3.63) is 0 Å². The molecule has 1 amide bonds. The van der Waals surface area contributed by atoms with Crippen LogP contribution in [0.25, 0.3) is 0 Å².